The highest BCUT2D eigenvalue weighted by molar-refractivity contribution is 7.16. The van der Waals surface area contributed by atoms with Crippen molar-refractivity contribution in [1.29, 1.82) is 0 Å². The molecule has 4 unspecified atom stereocenters. The van der Waals surface area contributed by atoms with Gasteiger partial charge in [-0.15, -0.1) is 11.3 Å². The van der Waals surface area contributed by atoms with E-state index in [1.807, 2.05) is 6.07 Å². The molecule has 0 aliphatic heterocycles. The van der Waals surface area contributed by atoms with E-state index >= 15 is 0 Å². The third-order valence-corrected chi connectivity index (χ3v) is 5.89. The van der Waals surface area contributed by atoms with Crippen molar-refractivity contribution in [1.82, 2.24) is 5.32 Å². The molecule has 4 atom stereocenters. The average molecular weight is 270 g/mol. The van der Waals surface area contributed by atoms with Crippen molar-refractivity contribution in [3.05, 3.63) is 21.3 Å². The second-order valence-corrected chi connectivity index (χ2v) is 7.51. The summed E-state index contributed by atoms with van der Waals surface area (Å²) >= 11 is 7.64. The zero-order valence-electron chi connectivity index (χ0n) is 10.3. The van der Waals surface area contributed by atoms with Gasteiger partial charge in [0, 0.05) is 17.5 Å². The Morgan fingerprint density at radius 2 is 2.29 bits per heavy atom. The van der Waals surface area contributed by atoms with Gasteiger partial charge < -0.3 is 5.32 Å². The summed E-state index contributed by atoms with van der Waals surface area (Å²) in [6.07, 6.45) is 5.94. The molecule has 3 rings (SSSR count). The Bertz CT molecular complexity index is 389. The summed E-state index contributed by atoms with van der Waals surface area (Å²) in [5.74, 6) is 2.98. The fraction of sp³-hybridized carbons (Fsp3) is 0.714. The minimum absolute atomic E-state index is 0.658. The first-order valence-corrected chi connectivity index (χ1v) is 7.89. The number of hydrogen-bond donors (Lipinski definition) is 1. The monoisotopic (exact) mass is 269 g/mol. The van der Waals surface area contributed by atoms with E-state index in [0.717, 1.165) is 28.6 Å². The quantitative estimate of drug-likeness (QED) is 0.859. The van der Waals surface area contributed by atoms with E-state index in [1.54, 1.807) is 11.3 Å². The maximum atomic E-state index is 5.94. The third kappa shape index (κ3) is 2.54. The molecule has 1 aromatic heterocycles. The summed E-state index contributed by atoms with van der Waals surface area (Å²) in [5.41, 5.74) is 0. The predicted octanol–water partition coefficient (Wildman–Crippen LogP) is 4.32. The summed E-state index contributed by atoms with van der Waals surface area (Å²) < 4.78 is 0.898. The maximum Gasteiger partial charge on any atom is 0.0931 e. The lowest BCUT2D eigenvalue weighted by atomic mass is 9.84. The van der Waals surface area contributed by atoms with Gasteiger partial charge in [-0.25, -0.2) is 0 Å². The van der Waals surface area contributed by atoms with Crippen molar-refractivity contribution in [3.8, 4) is 0 Å². The first kappa shape index (κ1) is 12.0. The molecule has 0 saturated heterocycles. The molecule has 1 N–H and O–H groups in total. The smallest absolute Gasteiger partial charge is 0.0931 e. The molecular formula is C14H20ClNS. The van der Waals surface area contributed by atoms with Crippen LogP contribution in [0.1, 0.15) is 37.5 Å². The number of rotatable bonds is 4. The second kappa shape index (κ2) is 4.91. The summed E-state index contributed by atoms with van der Waals surface area (Å²) in [6, 6.07) is 4.78. The van der Waals surface area contributed by atoms with Crippen LogP contribution in [-0.4, -0.2) is 6.04 Å². The van der Waals surface area contributed by atoms with Gasteiger partial charge in [-0.2, -0.15) is 0 Å². The fourth-order valence-corrected chi connectivity index (χ4v) is 4.80. The zero-order valence-corrected chi connectivity index (χ0v) is 11.9. The zero-order chi connectivity index (χ0) is 11.8. The van der Waals surface area contributed by atoms with Crippen LogP contribution in [0.4, 0.5) is 0 Å². The molecule has 3 heteroatoms. The van der Waals surface area contributed by atoms with E-state index in [2.05, 4.69) is 18.3 Å². The maximum absolute atomic E-state index is 5.94. The molecule has 0 aromatic carbocycles. The van der Waals surface area contributed by atoms with Crippen molar-refractivity contribution in [2.45, 2.75) is 45.2 Å². The Labute approximate surface area is 113 Å². The van der Waals surface area contributed by atoms with E-state index in [4.69, 9.17) is 11.6 Å². The van der Waals surface area contributed by atoms with Crippen LogP contribution in [0.2, 0.25) is 4.34 Å². The molecule has 1 heterocycles. The molecule has 94 valence electrons. The SMILES string of the molecule is CC(NCc1ccc(Cl)s1)C1CC2CCC1C2. The van der Waals surface area contributed by atoms with Gasteiger partial charge in [0.1, 0.15) is 0 Å². The highest BCUT2D eigenvalue weighted by Gasteiger charge is 2.41. The summed E-state index contributed by atoms with van der Waals surface area (Å²) in [7, 11) is 0. The number of halogens is 1. The minimum Gasteiger partial charge on any atom is -0.309 e. The number of hydrogen-bond acceptors (Lipinski definition) is 2. The first-order chi connectivity index (χ1) is 8.22. The lowest BCUT2D eigenvalue weighted by Gasteiger charge is -2.28. The Morgan fingerprint density at radius 1 is 1.41 bits per heavy atom. The fourth-order valence-electron chi connectivity index (χ4n) is 3.77. The van der Waals surface area contributed by atoms with Gasteiger partial charge in [0.15, 0.2) is 0 Å². The summed E-state index contributed by atoms with van der Waals surface area (Å²) in [4.78, 5) is 1.35. The predicted molar refractivity (Wildman–Crippen MR) is 74.6 cm³/mol. The Hall–Kier alpha value is -0.0500. The number of fused-ring (bicyclic) bond motifs is 2. The molecule has 0 radical (unpaired) electrons. The van der Waals surface area contributed by atoms with Gasteiger partial charge in [-0.05, 0) is 56.1 Å². The van der Waals surface area contributed by atoms with E-state index < -0.39 is 0 Å². The third-order valence-electron chi connectivity index (χ3n) is 4.66. The molecular weight excluding hydrogens is 250 g/mol. The Kier molecular flexibility index (Phi) is 3.47. The summed E-state index contributed by atoms with van der Waals surface area (Å²) in [5, 5.41) is 3.69. The summed E-state index contributed by atoms with van der Waals surface area (Å²) in [6.45, 7) is 3.34. The van der Waals surface area contributed by atoms with Crippen LogP contribution in [0.15, 0.2) is 12.1 Å². The van der Waals surface area contributed by atoms with Crippen LogP contribution >= 0.6 is 22.9 Å². The minimum atomic E-state index is 0.658. The van der Waals surface area contributed by atoms with E-state index in [9.17, 15) is 0 Å². The molecule has 0 spiro atoms. The molecule has 2 aliphatic carbocycles. The normalized spacial score (nSPS) is 33.2. The molecule has 1 nitrogen and oxygen atoms in total. The van der Waals surface area contributed by atoms with E-state index in [1.165, 1.54) is 30.6 Å². The van der Waals surface area contributed by atoms with Crippen LogP contribution in [0, 0.1) is 17.8 Å². The highest BCUT2D eigenvalue weighted by Crippen LogP contribution is 2.49. The van der Waals surface area contributed by atoms with Crippen LogP contribution in [0.3, 0.4) is 0 Å². The molecule has 2 fully saturated rings. The van der Waals surface area contributed by atoms with Gasteiger partial charge >= 0.3 is 0 Å². The number of nitrogens with one attached hydrogen (secondary N) is 1. The Balaban J connectivity index is 1.52. The Morgan fingerprint density at radius 3 is 2.88 bits per heavy atom. The van der Waals surface area contributed by atoms with Crippen LogP contribution in [0.5, 0.6) is 0 Å². The standard InChI is InChI=1S/C14H20ClNS/c1-9(13-7-10-2-3-11(13)6-10)16-8-12-4-5-14(15)17-12/h4-5,9-11,13,16H,2-3,6-8H2,1H3. The van der Waals surface area contributed by atoms with Crippen molar-refractivity contribution in [2.75, 3.05) is 0 Å². The molecule has 2 saturated carbocycles. The van der Waals surface area contributed by atoms with Crippen molar-refractivity contribution >= 4 is 22.9 Å². The lowest BCUT2D eigenvalue weighted by molar-refractivity contribution is 0.260. The largest absolute Gasteiger partial charge is 0.309 e. The second-order valence-electron chi connectivity index (χ2n) is 5.71. The van der Waals surface area contributed by atoms with Crippen LogP contribution in [-0.2, 0) is 6.54 Å². The lowest BCUT2D eigenvalue weighted by Crippen LogP contribution is -2.35. The van der Waals surface area contributed by atoms with Gasteiger partial charge in [-0.3, -0.25) is 0 Å². The first-order valence-electron chi connectivity index (χ1n) is 6.70. The molecule has 1 aromatic rings. The van der Waals surface area contributed by atoms with Crippen LogP contribution < -0.4 is 5.32 Å². The van der Waals surface area contributed by atoms with Gasteiger partial charge in [-0.1, -0.05) is 18.0 Å². The highest BCUT2D eigenvalue weighted by atomic mass is 35.5. The number of thiophene rings is 1. The van der Waals surface area contributed by atoms with Gasteiger partial charge in [0.25, 0.3) is 0 Å². The molecule has 2 bridgehead atoms. The topological polar surface area (TPSA) is 12.0 Å². The van der Waals surface area contributed by atoms with Crippen molar-refractivity contribution in [3.63, 3.8) is 0 Å². The van der Waals surface area contributed by atoms with Gasteiger partial charge in [0.05, 0.1) is 4.34 Å². The van der Waals surface area contributed by atoms with Crippen molar-refractivity contribution < 1.29 is 0 Å². The van der Waals surface area contributed by atoms with Crippen LogP contribution in [0.25, 0.3) is 0 Å². The van der Waals surface area contributed by atoms with E-state index in [0.29, 0.717) is 6.04 Å². The van der Waals surface area contributed by atoms with E-state index in [-0.39, 0.29) is 0 Å². The molecule has 2 aliphatic rings. The molecule has 17 heavy (non-hydrogen) atoms. The molecule has 0 amide bonds. The van der Waals surface area contributed by atoms with Crippen molar-refractivity contribution in [2.24, 2.45) is 17.8 Å². The average Bonchev–Trinajstić information content (AvgIpc) is 3.01. The van der Waals surface area contributed by atoms with Gasteiger partial charge in [0.2, 0.25) is 0 Å².